The minimum atomic E-state index is 0.779. The van der Waals surface area contributed by atoms with E-state index in [0.29, 0.717) is 0 Å². The van der Waals surface area contributed by atoms with Crippen molar-refractivity contribution in [1.29, 1.82) is 0 Å². The van der Waals surface area contributed by atoms with Crippen molar-refractivity contribution in [2.45, 2.75) is 32.7 Å². The van der Waals surface area contributed by atoms with Gasteiger partial charge in [0.1, 0.15) is 0 Å². The van der Waals surface area contributed by atoms with Crippen LogP contribution in [0.2, 0.25) is 5.02 Å². The lowest BCUT2D eigenvalue weighted by atomic mass is 10.3. The maximum atomic E-state index is 5.68. The van der Waals surface area contributed by atoms with E-state index >= 15 is 0 Å². The number of anilines is 1. The lowest BCUT2D eigenvalue weighted by Crippen LogP contribution is -2.16. The Hall–Kier alpha value is -0.730. The van der Waals surface area contributed by atoms with Gasteiger partial charge in [-0.3, -0.25) is 0 Å². The average Bonchev–Trinajstić information content (AvgIpc) is 2.74. The molecule has 90 valence electrons. The highest BCUT2D eigenvalue weighted by atomic mass is 35.5. The fourth-order valence-corrected chi connectivity index (χ4v) is 1.76. The smallest absolute Gasteiger partial charge is 0.0407 e. The van der Waals surface area contributed by atoms with Crippen molar-refractivity contribution in [3.63, 3.8) is 0 Å². The van der Waals surface area contributed by atoms with Crippen molar-refractivity contribution in [3.05, 3.63) is 29.3 Å². The molecule has 1 aromatic rings. The predicted molar refractivity (Wildman–Crippen MR) is 72.3 cm³/mol. The minimum absolute atomic E-state index is 0.779. The Morgan fingerprint density at radius 3 is 2.44 bits per heavy atom. The highest BCUT2D eigenvalue weighted by molar-refractivity contribution is 6.30. The number of hydrogen-bond donors (Lipinski definition) is 2. The van der Waals surface area contributed by atoms with Crippen LogP contribution in [-0.4, -0.2) is 19.1 Å². The molecule has 2 nitrogen and oxygen atoms in total. The molecule has 2 N–H and O–H groups in total. The van der Waals surface area contributed by atoms with Crippen LogP contribution in [-0.2, 0) is 0 Å². The van der Waals surface area contributed by atoms with E-state index in [1.54, 1.807) is 0 Å². The molecule has 16 heavy (non-hydrogen) atoms. The second kappa shape index (κ2) is 7.53. The zero-order valence-corrected chi connectivity index (χ0v) is 10.8. The van der Waals surface area contributed by atoms with Crippen molar-refractivity contribution in [2.75, 3.05) is 18.4 Å². The van der Waals surface area contributed by atoms with Gasteiger partial charge in [-0.25, -0.2) is 0 Å². The standard InChI is InChI=1S/C8H10ClN.C5H11N/c1-2-10-8-5-3-7(9)4-6-8;1-5-3-2-4-6-5/h3-6,10H,2H2,1H3;5-6H,2-4H2,1H3. The van der Waals surface area contributed by atoms with Gasteiger partial charge in [-0.15, -0.1) is 0 Å². The molecule has 1 aromatic carbocycles. The van der Waals surface area contributed by atoms with E-state index in [9.17, 15) is 0 Å². The molecular weight excluding hydrogens is 220 g/mol. The molecule has 0 aliphatic carbocycles. The minimum Gasteiger partial charge on any atom is -0.385 e. The van der Waals surface area contributed by atoms with Crippen LogP contribution in [0.1, 0.15) is 26.7 Å². The molecule has 2 rings (SSSR count). The fourth-order valence-electron chi connectivity index (χ4n) is 1.63. The second-order valence-corrected chi connectivity index (χ2v) is 4.47. The van der Waals surface area contributed by atoms with Crippen LogP contribution in [0.15, 0.2) is 24.3 Å². The van der Waals surface area contributed by atoms with E-state index in [4.69, 9.17) is 11.6 Å². The summed E-state index contributed by atoms with van der Waals surface area (Å²) in [5.41, 5.74) is 1.12. The molecule has 1 heterocycles. The molecule has 1 aliphatic heterocycles. The molecule has 1 aliphatic rings. The molecule has 1 unspecified atom stereocenters. The van der Waals surface area contributed by atoms with Crippen LogP contribution in [0.4, 0.5) is 5.69 Å². The Morgan fingerprint density at radius 2 is 2.06 bits per heavy atom. The van der Waals surface area contributed by atoms with E-state index in [1.165, 1.54) is 19.4 Å². The lowest BCUT2D eigenvalue weighted by Gasteiger charge is -2.00. The number of rotatable bonds is 2. The van der Waals surface area contributed by atoms with Gasteiger partial charge >= 0.3 is 0 Å². The molecule has 1 saturated heterocycles. The summed E-state index contributed by atoms with van der Waals surface area (Å²) in [7, 11) is 0. The maximum Gasteiger partial charge on any atom is 0.0407 e. The van der Waals surface area contributed by atoms with Crippen LogP contribution in [0.25, 0.3) is 0 Å². The first kappa shape index (κ1) is 13.3. The summed E-state index contributed by atoms with van der Waals surface area (Å²) in [6, 6.07) is 8.47. The number of nitrogens with one attached hydrogen (secondary N) is 2. The maximum absolute atomic E-state index is 5.68. The zero-order chi connectivity index (χ0) is 11.8. The highest BCUT2D eigenvalue weighted by Crippen LogP contribution is 2.12. The Labute approximate surface area is 103 Å². The third-order valence-electron chi connectivity index (χ3n) is 2.53. The summed E-state index contributed by atoms with van der Waals surface area (Å²) in [6.07, 6.45) is 2.75. The summed E-state index contributed by atoms with van der Waals surface area (Å²) in [5.74, 6) is 0. The van der Waals surface area contributed by atoms with Gasteiger partial charge in [0, 0.05) is 23.3 Å². The van der Waals surface area contributed by atoms with E-state index in [2.05, 4.69) is 24.5 Å². The van der Waals surface area contributed by atoms with Crippen LogP contribution in [0.3, 0.4) is 0 Å². The van der Waals surface area contributed by atoms with Crippen molar-refractivity contribution >= 4 is 17.3 Å². The van der Waals surface area contributed by atoms with Crippen molar-refractivity contribution in [3.8, 4) is 0 Å². The Morgan fingerprint density at radius 1 is 1.38 bits per heavy atom. The van der Waals surface area contributed by atoms with Crippen LogP contribution >= 0.6 is 11.6 Å². The van der Waals surface area contributed by atoms with Crippen molar-refractivity contribution in [2.24, 2.45) is 0 Å². The molecule has 1 fully saturated rings. The first-order valence-electron chi connectivity index (χ1n) is 5.95. The molecule has 0 spiro atoms. The summed E-state index contributed by atoms with van der Waals surface area (Å²) >= 11 is 5.68. The van der Waals surface area contributed by atoms with Gasteiger partial charge in [-0.1, -0.05) is 11.6 Å². The quantitative estimate of drug-likeness (QED) is 0.827. The highest BCUT2D eigenvalue weighted by Gasteiger charge is 2.05. The third kappa shape index (κ3) is 5.38. The molecule has 0 saturated carbocycles. The van der Waals surface area contributed by atoms with Gasteiger partial charge in [0.05, 0.1) is 0 Å². The van der Waals surface area contributed by atoms with Gasteiger partial charge in [-0.2, -0.15) is 0 Å². The van der Waals surface area contributed by atoms with Crippen LogP contribution in [0, 0.1) is 0 Å². The normalized spacial score (nSPS) is 18.8. The molecule has 0 aromatic heterocycles. The molecule has 0 bridgehead atoms. The number of hydrogen-bond acceptors (Lipinski definition) is 2. The Bertz CT molecular complexity index is 278. The zero-order valence-electron chi connectivity index (χ0n) is 10.1. The van der Waals surface area contributed by atoms with Crippen molar-refractivity contribution in [1.82, 2.24) is 5.32 Å². The number of halogens is 1. The molecular formula is C13H21ClN2. The van der Waals surface area contributed by atoms with Crippen LogP contribution in [0.5, 0.6) is 0 Å². The monoisotopic (exact) mass is 240 g/mol. The number of benzene rings is 1. The summed E-state index contributed by atoms with van der Waals surface area (Å²) in [6.45, 7) is 6.48. The Kier molecular flexibility index (Phi) is 6.27. The fraction of sp³-hybridized carbons (Fsp3) is 0.538. The van der Waals surface area contributed by atoms with Gasteiger partial charge in [0.15, 0.2) is 0 Å². The van der Waals surface area contributed by atoms with Gasteiger partial charge < -0.3 is 10.6 Å². The summed E-state index contributed by atoms with van der Waals surface area (Å²) < 4.78 is 0. The lowest BCUT2D eigenvalue weighted by molar-refractivity contribution is 0.664. The first-order chi connectivity index (χ1) is 7.72. The third-order valence-corrected chi connectivity index (χ3v) is 2.78. The molecule has 3 heteroatoms. The molecule has 0 amide bonds. The van der Waals surface area contributed by atoms with Gasteiger partial charge in [-0.05, 0) is 57.5 Å². The SMILES string of the molecule is CC1CCCN1.CCNc1ccc(Cl)cc1. The van der Waals surface area contributed by atoms with Crippen molar-refractivity contribution < 1.29 is 0 Å². The van der Waals surface area contributed by atoms with E-state index in [-0.39, 0.29) is 0 Å². The van der Waals surface area contributed by atoms with Crippen LogP contribution < -0.4 is 10.6 Å². The van der Waals surface area contributed by atoms with E-state index in [0.717, 1.165) is 23.3 Å². The van der Waals surface area contributed by atoms with Gasteiger partial charge in [0.2, 0.25) is 0 Å². The van der Waals surface area contributed by atoms with E-state index in [1.807, 2.05) is 24.3 Å². The molecule has 1 atom stereocenters. The topological polar surface area (TPSA) is 24.1 Å². The average molecular weight is 241 g/mol. The summed E-state index contributed by atoms with van der Waals surface area (Å²) in [4.78, 5) is 0. The summed E-state index contributed by atoms with van der Waals surface area (Å²) in [5, 5.41) is 7.27. The Balaban J connectivity index is 0.000000181. The second-order valence-electron chi connectivity index (χ2n) is 4.03. The van der Waals surface area contributed by atoms with Gasteiger partial charge in [0.25, 0.3) is 0 Å². The largest absolute Gasteiger partial charge is 0.385 e. The first-order valence-corrected chi connectivity index (χ1v) is 6.33. The predicted octanol–water partition coefficient (Wildman–Crippen LogP) is 3.53. The molecule has 0 radical (unpaired) electrons. The van der Waals surface area contributed by atoms with E-state index < -0.39 is 0 Å².